The van der Waals surface area contributed by atoms with Gasteiger partial charge in [0.25, 0.3) is 0 Å². The van der Waals surface area contributed by atoms with Crippen LogP contribution in [0.15, 0.2) is 115 Å². The number of unbranched alkanes of at least 4 members (excludes halogenated alkanes) is 6. The molecule has 0 amide bonds. The summed E-state index contributed by atoms with van der Waals surface area (Å²) in [6, 6.07) is 24.7. The van der Waals surface area contributed by atoms with E-state index in [9.17, 15) is 28.8 Å². The highest BCUT2D eigenvalue weighted by atomic mass is 32.2. The van der Waals surface area contributed by atoms with Gasteiger partial charge in [-0.05, 0) is 144 Å². The minimum atomic E-state index is -0.596. The smallest absolute Gasteiger partial charge is 0.343 e. The maximum atomic E-state index is 13.5. The molecule has 1 N–H and O–H groups in total. The first-order valence-electron chi connectivity index (χ1n) is 24.2. The molecule has 1 heterocycles. The maximum absolute atomic E-state index is 13.5. The van der Waals surface area contributed by atoms with Crippen LogP contribution in [-0.4, -0.2) is 67.2 Å². The number of ether oxygens (including phenoxy) is 6. The largest absolute Gasteiger partial charge is 0.494 e. The van der Waals surface area contributed by atoms with Gasteiger partial charge in [0, 0.05) is 36.5 Å². The van der Waals surface area contributed by atoms with E-state index in [1.165, 1.54) is 11.8 Å². The van der Waals surface area contributed by atoms with Crippen molar-refractivity contribution in [3.63, 3.8) is 0 Å². The van der Waals surface area contributed by atoms with Crippen LogP contribution in [-0.2, 0) is 41.5 Å². The van der Waals surface area contributed by atoms with Crippen LogP contribution in [0.25, 0.3) is 0 Å². The molecule has 4 aromatic carbocycles. The fourth-order valence-electron chi connectivity index (χ4n) is 8.17. The van der Waals surface area contributed by atoms with Gasteiger partial charge in [-0.25, -0.2) is 14.4 Å². The monoisotopic (exact) mass is 973 g/mol. The second kappa shape index (κ2) is 27.5. The molecule has 0 saturated heterocycles. The number of ketones is 2. The molecular formula is C56H63NO12S. The zero-order valence-corrected chi connectivity index (χ0v) is 40.7. The van der Waals surface area contributed by atoms with Crippen molar-refractivity contribution in [2.24, 2.45) is 11.8 Å². The first-order valence-corrected chi connectivity index (χ1v) is 25.1. The van der Waals surface area contributed by atoms with E-state index in [-0.39, 0.29) is 46.7 Å². The highest BCUT2D eigenvalue weighted by molar-refractivity contribution is 8.00. The van der Waals surface area contributed by atoms with Crippen LogP contribution in [0.2, 0.25) is 0 Å². The molecule has 1 fully saturated rings. The lowest BCUT2D eigenvalue weighted by Gasteiger charge is -2.26. The third-order valence-electron chi connectivity index (χ3n) is 12.1. The fourth-order valence-corrected chi connectivity index (χ4v) is 9.20. The number of carbonyl (C=O) groups is 6. The predicted molar refractivity (Wildman–Crippen MR) is 268 cm³/mol. The van der Waals surface area contributed by atoms with E-state index >= 15 is 0 Å². The molecule has 14 heteroatoms. The lowest BCUT2D eigenvalue weighted by molar-refractivity contribution is -0.141. The third kappa shape index (κ3) is 16.5. The molecule has 13 nitrogen and oxygen atoms in total. The quantitative estimate of drug-likeness (QED) is 0.0187. The average Bonchev–Trinajstić information content (AvgIpc) is 3.79. The van der Waals surface area contributed by atoms with Gasteiger partial charge in [-0.2, -0.15) is 0 Å². The molecule has 0 aromatic heterocycles. The molecule has 1 saturated carbocycles. The predicted octanol–water partition coefficient (Wildman–Crippen LogP) is 11.1. The third-order valence-corrected chi connectivity index (χ3v) is 13.2. The van der Waals surface area contributed by atoms with Crippen molar-refractivity contribution in [2.45, 2.75) is 107 Å². The molecule has 70 heavy (non-hydrogen) atoms. The van der Waals surface area contributed by atoms with Crippen LogP contribution in [0, 0.1) is 11.8 Å². The van der Waals surface area contributed by atoms with Gasteiger partial charge in [0.15, 0.2) is 11.5 Å². The Balaban J connectivity index is 0.900. The standard InChI is InChI=1S/C56H63NO12S/c1-4-51(60)66-34-12-8-6-10-32-64-45-26-14-39(15-27-45)36-47(58)41-18-22-43(23-19-41)55(62)68-49-30-31-50(54-53(49)57-38(3)70-54)69-56(63)44-24-20-42(21-25-44)48(59)37-40-16-28-46(29-17-40)65-33-11-7-9-13-35-67-52(61)5-2/h4-5,14-19,22-23,26-31,38,42,44,57H,1-2,6-13,20-21,24-25,32-37H2,3H3. The van der Waals surface area contributed by atoms with Crippen LogP contribution in [0.3, 0.4) is 0 Å². The Morgan fingerprint density at radius 2 is 1.06 bits per heavy atom. The molecule has 0 bridgehead atoms. The number of Topliss-reactive ketones (excluding diaryl/α,β-unsaturated/α-hetero) is 2. The minimum Gasteiger partial charge on any atom is -0.494 e. The summed E-state index contributed by atoms with van der Waals surface area (Å²) in [4.78, 5) is 76.1. The van der Waals surface area contributed by atoms with Crippen LogP contribution in [0.1, 0.15) is 116 Å². The summed E-state index contributed by atoms with van der Waals surface area (Å²) in [5, 5.41) is 3.26. The molecule has 2 aliphatic rings. The van der Waals surface area contributed by atoms with Gasteiger partial charge in [-0.15, -0.1) is 0 Å². The van der Waals surface area contributed by atoms with Crippen LogP contribution >= 0.6 is 11.8 Å². The SMILES string of the molecule is C=CC(=O)OCCCCCCOc1ccc(CC(=O)c2ccc(C(=O)Oc3ccc(OC(=O)C4CCC(C(=O)Cc5ccc(OCCCCCCOC(=O)C=C)cc5)CC4)c4c3NC(C)S4)cc2)cc1. The first kappa shape index (κ1) is 52.7. The molecule has 1 aliphatic carbocycles. The van der Waals surface area contributed by atoms with Crippen LogP contribution in [0.4, 0.5) is 5.69 Å². The molecule has 0 radical (unpaired) electrons. The Morgan fingerprint density at radius 1 is 0.571 bits per heavy atom. The van der Waals surface area contributed by atoms with Gasteiger partial charge in [0.1, 0.15) is 23.0 Å². The van der Waals surface area contributed by atoms with E-state index in [0.29, 0.717) is 86.2 Å². The number of carbonyl (C=O) groups excluding carboxylic acids is 6. The van der Waals surface area contributed by atoms with Crippen molar-refractivity contribution in [1.82, 2.24) is 0 Å². The number of hydrogen-bond donors (Lipinski definition) is 1. The zero-order chi connectivity index (χ0) is 49.7. The van der Waals surface area contributed by atoms with Crippen molar-refractivity contribution in [1.29, 1.82) is 0 Å². The number of hydrogen-bond acceptors (Lipinski definition) is 14. The van der Waals surface area contributed by atoms with E-state index in [0.717, 1.165) is 86.1 Å². The summed E-state index contributed by atoms with van der Waals surface area (Å²) in [5.41, 5.74) is 3.06. The number of nitrogens with one attached hydrogen (secondary N) is 1. The summed E-state index contributed by atoms with van der Waals surface area (Å²) in [7, 11) is 0. The topological polar surface area (TPSA) is 170 Å². The summed E-state index contributed by atoms with van der Waals surface area (Å²) >= 11 is 1.47. The molecule has 370 valence electrons. The number of anilines is 1. The van der Waals surface area contributed by atoms with E-state index < -0.39 is 17.9 Å². The summed E-state index contributed by atoms with van der Waals surface area (Å²) in [5.74, 6) is 0.0171. The van der Waals surface area contributed by atoms with Crippen LogP contribution in [0.5, 0.6) is 23.0 Å². The second-order valence-electron chi connectivity index (χ2n) is 17.4. The van der Waals surface area contributed by atoms with Gasteiger partial charge in [0.2, 0.25) is 0 Å². The molecule has 0 spiro atoms. The maximum Gasteiger partial charge on any atom is 0.343 e. The Hall–Kier alpha value is -6.67. The van der Waals surface area contributed by atoms with Crippen LogP contribution < -0.4 is 24.3 Å². The van der Waals surface area contributed by atoms with Crippen molar-refractivity contribution >= 4 is 52.9 Å². The Morgan fingerprint density at radius 3 is 1.60 bits per heavy atom. The number of esters is 4. The molecule has 1 atom stereocenters. The van der Waals surface area contributed by atoms with Gasteiger partial charge in [-0.1, -0.05) is 61.3 Å². The number of fused-ring (bicyclic) bond motifs is 1. The molecule has 4 aromatic rings. The van der Waals surface area contributed by atoms with E-state index in [1.807, 2.05) is 55.5 Å². The van der Waals surface area contributed by atoms with Gasteiger partial charge in [0.05, 0.1) is 53.9 Å². The van der Waals surface area contributed by atoms with Crippen molar-refractivity contribution in [2.75, 3.05) is 31.7 Å². The highest BCUT2D eigenvalue weighted by Gasteiger charge is 2.33. The van der Waals surface area contributed by atoms with Crippen molar-refractivity contribution in [3.8, 4) is 23.0 Å². The number of thioether (sulfide) groups is 1. The van der Waals surface area contributed by atoms with E-state index in [4.69, 9.17) is 28.4 Å². The van der Waals surface area contributed by atoms with Crippen molar-refractivity contribution < 1.29 is 57.2 Å². The fraction of sp³-hybridized carbons (Fsp3) is 0.393. The number of benzene rings is 4. The van der Waals surface area contributed by atoms with Gasteiger partial charge < -0.3 is 33.7 Å². The van der Waals surface area contributed by atoms with Gasteiger partial charge in [-0.3, -0.25) is 14.4 Å². The average molecular weight is 974 g/mol. The summed E-state index contributed by atoms with van der Waals surface area (Å²) in [6.45, 7) is 10.6. The second-order valence-corrected chi connectivity index (χ2v) is 18.8. The van der Waals surface area contributed by atoms with E-state index in [2.05, 4.69) is 18.5 Å². The number of rotatable bonds is 28. The lowest BCUT2D eigenvalue weighted by Crippen LogP contribution is -2.29. The molecular weight excluding hydrogens is 911 g/mol. The lowest BCUT2D eigenvalue weighted by atomic mass is 9.79. The van der Waals surface area contributed by atoms with Crippen molar-refractivity contribution in [3.05, 3.63) is 132 Å². The summed E-state index contributed by atoms with van der Waals surface area (Å²) < 4.78 is 33.5. The first-order chi connectivity index (χ1) is 34.0. The molecule has 1 aliphatic heterocycles. The van der Waals surface area contributed by atoms with E-state index in [1.54, 1.807) is 36.4 Å². The Bertz CT molecular complexity index is 2420. The molecule has 1 unspecified atom stereocenters. The zero-order valence-electron chi connectivity index (χ0n) is 39.9. The highest BCUT2D eigenvalue weighted by Crippen LogP contribution is 2.50. The summed E-state index contributed by atoms with van der Waals surface area (Å²) in [6.07, 6.45) is 12.3. The Kier molecular flexibility index (Phi) is 20.7. The Labute approximate surface area is 414 Å². The molecule has 6 rings (SSSR count). The minimum absolute atomic E-state index is 0.0693. The van der Waals surface area contributed by atoms with Gasteiger partial charge >= 0.3 is 23.9 Å². The normalized spacial score (nSPS) is 15.9.